The van der Waals surface area contributed by atoms with E-state index in [9.17, 15) is 9.90 Å². The summed E-state index contributed by atoms with van der Waals surface area (Å²) in [5, 5.41) is 13.4. The number of piperidine rings is 1. The van der Waals surface area contributed by atoms with Gasteiger partial charge in [-0.2, -0.15) is 4.98 Å². The number of nitrogens with zero attached hydrogens (tertiary/aromatic N) is 3. The largest absolute Gasteiger partial charge is 0.481 e. The second kappa shape index (κ2) is 6.20. The van der Waals surface area contributed by atoms with Gasteiger partial charge >= 0.3 is 5.97 Å². The van der Waals surface area contributed by atoms with E-state index in [-0.39, 0.29) is 5.41 Å². The molecule has 0 aromatic carbocycles. The Kier molecular flexibility index (Phi) is 4.42. The Balaban J connectivity index is 1.67. The van der Waals surface area contributed by atoms with Crippen LogP contribution in [0.1, 0.15) is 43.8 Å². The molecule has 0 spiro atoms. The summed E-state index contributed by atoms with van der Waals surface area (Å²) in [6.45, 7) is 4.68. The summed E-state index contributed by atoms with van der Waals surface area (Å²) in [6, 6.07) is 0. The number of hydrogen-bond acceptors (Lipinski definition) is 6. The van der Waals surface area contributed by atoms with Crippen molar-refractivity contribution >= 4 is 5.97 Å². The zero-order valence-electron chi connectivity index (χ0n) is 13.9. The van der Waals surface area contributed by atoms with Crippen molar-refractivity contribution < 1.29 is 19.2 Å². The van der Waals surface area contributed by atoms with Gasteiger partial charge in [-0.15, -0.1) is 0 Å². The van der Waals surface area contributed by atoms with E-state index in [0.29, 0.717) is 24.9 Å². The zero-order chi connectivity index (χ0) is 16.5. The lowest BCUT2D eigenvalue weighted by atomic mass is 9.68. The molecule has 2 aliphatic rings. The molecule has 1 aromatic rings. The Morgan fingerprint density at radius 3 is 2.48 bits per heavy atom. The van der Waals surface area contributed by atoms with Crippen LogP contribution in [-0.4, -0.2) is 59.5 Å². The van der Waals surface area contributed by atoms with Gasteiger partial charge in [0.05, 0.1) is 17.4 Å². The molecule has 23 heavy (non-hydrogen) atoms. The molecule has 0 bridgehead atoms. The highest BCUT2D eigenvalue weighted by atomic mass is 16.5. The Hall–Kier alpha value is -1.47. The van der Waals surface area contributed by atoms with E-state index in [1.807, 2.05) is 6.92 Å². The summed E-state index contributed by atoms with van der Waals surface area (Å²) in [6.07, 6.45) is 4.31. The normalized spacial score (nSPS) is 23.4. The molecular formula is C16H25N3O4. The van der Waals surface area contributed by atoms with Crippen molar-refractivity contribution in [2.45, 2.75) is 44.4 Å². The maximum atomic E-state index is 11.6. The van der Waals surface area contributed by atoms with Gasteiger partial charge in [0.25, 0.3) is 0 Å². The van der Waals surface area contributed by atoms with Gasteiger partial charge in [0.1, 0.15) is 0 Å². The molecule has 7 heteroatoms. The maximum absolute atomic E-state index is 11.6. The highest BCUT2D eigenvalue weighted by Crippen LogP contribution is 2.43. The van der Waals surface area contributed by atoms with E-state index in [1.165, 1.54) is 0 Å². The molecule has 1 saturated heterocycles. The summed E-state index contributed by atoms with van der Waals surface area (Å²) < 4.78 is 10.8. The Morgan fingerprint density at radius 1 is 1.35 bits per heavy atom. The van der Waals surface area contributed by atoms with Crippen molar-refractivity contribution in [1.82, 2.24) is 15.0 Å². The molecular weight excluding hydrogens is 298 g/mol. The first-order valence-electron chi connectivity index (χ1n) is 8.25. The van der Waals surface area contributed by atoms with Gasteiger partial charge in [0, 0.05) is 13.7 Å². The lowest BCUT2D eigenvalue weighted by Gasteiger charge is -2.45. The number of carbonyl (C=O) groups is 1. The van der Waals surface area contributed by atoms with E-state index in [0.717, 1.165) is 45.2 Å². The van der Waals surface area contributed by atoms with Crippen molar-refractivity contribution in [3.05, 3.63) is 11.7 Å². The molecule has 128 valence electrons. The number of methoxy groups -OCH3 is 1. The number of aromatic nitrogens is 2. The molecule has 2 fully saturated rings. The second-order valence-electron chi connectivity index (χ2n) is 7.08. The third kappa shape index (κ3) is 2.99. The topological polar surface area (TPSA) is 88.7 Å². The highest BCUT2D eigenvalue weighted by Gasteiger charge is 2.48. The van der Waals surface area contributed by atoms with Gasteiger partial charge in [0.15, 0.2) is 5.82 Å². The predicted molar refractivity (Wildman–Crippen MR) is 82.2 cm³/mol. The van der Waals surface area contributed by atoms with Crippen LogP contribution in [0, 0.1) is 12.3 Å². The molecule has 0 atom stereocenters. The van der Waals surface area contributed by atoms with Crippen LogP contribution in [0.3, 0.4) is 0 Å². The van der Waals surface area contributed by atoms with E-state index >= 15 is 0 Å². The first kappa shape index (κ1) is 16.4. The minimum Gasteiger partial charge on any atom is -0.481 e. The van der Waals surface area contributed by atoms with Crippen molar-refractivity contribution in [2.75, 3.05) is 33.4 Å². The molecule has 7 nitrogen and oxygen atoms in total. The molecule has 0 amide bonds. The van der Waals surface area contributed by atoms with Gasteiger partial charge in [-0.25, -0.2) is 0 Å². The summed E-state index contributed by atoms with van der Waals surface area (Å²) in [7, 11) is 1.69. The molecule has 2 heterocycles. The van der Waals surface area contributed by atoms with E-state index in [1.54, 1.807) is 7.11 Å². The van der Waals surface area contributed by atoms with Gasteiger partial charge in [-0.05, 0) is 45.7 Å². The number of ether oxygens (including phenoxy) is 1. The highest BCUT2D eigenvalue weighted by molar-refractivity contribution is 5.76. The van der Waals surface area contributed by atoms with Gasteiger partial charge in [-0.1, -0.05) is 11.6 Å². The molecule has 0 radical (unpaired) electrons. The lowest BCUT2D eigenvalue weighted by Crippen LogP contribution is -2.52. The van der Waals surface area contributed by atoms with Crippen LogP contribution in [0.4, 0.5) is 0 Å². The number of aryl methyl sites for hydroxylation is 1. The Bertz CT molecular complexity index is 559. The molecule has 1 N–H and O–H groups in total. The first-order chi connectivity index (χ1) is 11.0. The van der Waals surface area contributed by atoms with E-state index in [2.05, 4.69) is 15.0 Å². The van der Waals surface area contributed by atoms with Crippen molar-refractivity contribution in [3.63, 3.8) is 0 Å². The number of rotatable bonds is 6. The van der Waals surface area contributed by atoms with Crippen LogP contribution in [-0.2, 0) is 14.9 Å². The second-order valence-corrected chi connectivity index (χ2v) is 7.08. The predicted octanol–water partition coefficient (Wildman–Crippen LogP) is 1.61. The molecule has 1 aliphatic heterocycles. The Labute approximate surface area is 136 Å². The van der Waals surface area contributed by atoms with Crippen LogP contribution in [0.15, 0.2) is 4.52 Å². The monoisotopic (exact) mass is 323 g/mol. The summed E-state index contributed by atoms with van der Waals surface area (Å²) in [5.74, 6) is 0.635. The van der Waals surface area contributed by atoms with Crippen LogP contribution in [0.25, 0.3) is 0 Å². The fraction of sp³-hybridized carbons (Fsp3) is 0.812. The molecule has 3 rings (SSSR count). The molecule has 1 saturated carbocycles. The Morgan fingerprint density at radius 2 is 2.04 bits per heavy atom. The van der Waals surface area contributed by atoms with Crippen molar-refractivity contribution in [3.8, 4) is 0 Å². The average Bonchev–Trinajstić information content (AvgIpc) is 2.92. The number of carboxylic acids is 1. The van der Waals surface area contributed by atoms with Gasteiger partial charge < -0.3 is 19.3 Å². The van der Waals surface area contributed by atoms with E-state index in [4.69, 9.17) is 9.26 Å². The summed E-state index contributed by atoms with van der Waals surface area (Å²) in [4.78, 5) is 18.2. The fourth-order valence-electron chi connectivity index (χ4n) is 3.82. The standard InChI is InChI=1S/C16H25N3O4/c1-12-17-13(23-18-12)16(11-22-2)6-8-19(9-7-16)10-15(14(20)21)4-3-5-15/h3-11H2,1-2H3,(H,20,21). The molecule has 1 aliphatic carbocycles. The number of likely N-dealkylation sites (tertiary alicyclic amines) is 1. The van der Waals surface area contributed by atoms with Crippen LogP contribution in [0.2, 0.25) is 0 Å². The third-order valence-electron chi connectivity index (χ3n) is 5.51. The quantitative estimate of drug-likeness (QED) is 0.850. The minimum absolute atomic E-state index is 0.248. The summed E-state index contributed by atoms with van der Waals surface area (Å²) >= 11 is 0. The van der Waals surface area contributed by atoms with Crippen LogP contribution < -0.4 is 0 Å². The van der Waals surface area contributed by atoms with E-state index < -0.39 is 11.4 Å². The zero-order valence-corrected chi connectivity index (χ0v) is 13.9. The average molecular weight is 323 g/mol. The number of hydrogen-bond donors (Lipinski definition) is 1. The van der Waals surface area contributed by atoms with Crippen molar-refractivity contribution in [1.29, 1.82) is 0 Å². The van der Waals surface area contributed by atoms with Crippen molar-refractivity contribution in [2.24, 2.45) is 5.41 Å². The van der Waals surface area contributed by atoms with Gasteiger partial charge in [-0.3, -0.25) is 4.79 Å². The SMILES string of the molecule is COCC1(c2nc(C)no2)CCN(CC2(C(=O)O)CCC2)CC1. The lowest BCUT2D eigenvalue weighted by molar-refractivity contribution is -0.156. The third-order valence-corrected chi connectivity index (χ3v) is 5.51. The smallest absolute Gasteiger partial charge is 0.310 e. The van der Waals surface area contributed by atoms with Gasteiger partial charge in [0.2, 0.25) is 5.89 Å². The summed E-state index contributed by atoms with van der Waals surface area (Å²) in [5.41, 5.74) is -0.773. The molecule has 1 aromatic heterocycles. The van der Waals surface area contributed by atoms with Crippen LogP contribution in [0.5, 0.6) is 0 Å². The fourth-order valence-corrected chi connectivity index (χ4v) is 3.82. The first-order valence-corrected chi connectivity index (χ1v) is 8.25. The molecule has 0 unspecified atom stereocenters. The minimum atomic E-state index is -0.648. The maximum Gasteiger partial charge on any atom is 0.310 e. The number of aliphatic carboxylic acids is 1. The number of carboxylic acid groups (broad SMARTS) is 1. The van der Waals surface area contributed by atoms with Crippen LogP contribution >= 0.6 is 0 Å².